The van der Waals surface area contributed by atoms with E-state index in [1.54, 1.807) is 0 Å². The van der Waals surface area contributed by atoms with Gasteiger partial charge in [0, 0.05) is 17.8 Å². The van der Waals surface area contributed by atoms with Gasteiger partial charge >= 0.3 is 0 Å². The summed E-state index contributed by atoms with van der Waals surface area (Å²) in [5.41, 5.74) is 2.85. The Labute approximate surface area is 117 Å². The summed E-state index contributed by atoms with van der Waals surface area (Å²) in [6.07, 6.45) is 0.949. The standard InChI is InChI=1S/C17H24N2/c1-16(2,3)14-6-8-15(9-7-14)19-12-13(11-18)10-17(19,4)5/h6-9,13H,10,12H2,1-5H3. The highest BCUT2D eigenvalue weighted by Crippen LogP contribution is 2.37. The SMILES string of the molecule is CC(C)(C)c1ccc(N2CC(C#N)CC2(C)C)cc1. The Bertz CT molecular complexity index is 485. The molecule has 1 aromatic rings. The Morgan fingerprint density at radius 1 is 1.21 bits per heavy atom. The smallest absolute Gasteiger partial charge is 0.0675 e. The second-order valence-electron chi connectivity index (χ2n) is 7.25. The van der Waals surface area contributed by atoms with Gasteiger partial charge in [-0.25, -0.2) is 0 Å². The van der Waals surface area contributed by atoms with Crippen LogP contribution in [0.2, 0.25) is 0 Å². The Morgan fingerprint density at radius 3 is 2.21 bits per heavy atom. The number of nitrogens with zero attached hydrogens (tertiary/aromatic N) is 2. The summed E-state index contributed by atoms with van der Waals surface area (Å²) in [6, 6.07) is 11.2. The van der Waals surface area contributed by atoms with E-state index in [9.17, 15) is 0 Å². The topological polar surface area (TPSA) is 27.0 Å². The molecule has 2 rings (SSSR count). The number of anilines is 1. The van der Waals surface area contributed by atoms with Gasteiger partial charge in [-0.1, -0.05) is 32.9 Å². The van der Waals surface area contributed by atoms with Crippen molar-refractivity contribution in [2.45, 2.75) is 52.0 Å². The van der Waals surface area contributed by atoms with Crippen molar-refractivity contribution in [3.63, 3.8) is 0 Å². The van der Waals surface area contributed by atoms with Crippen molar-refractivity contribution in [1.82, 2.24) is 0 Å². The van der Waals surface area contributed by atoms with Crippen LogP contribution in [0.5, 0.6) is 0 Å². The lowest BCUT2D eigenvalue weighted by atomic mass is 9.87. The summed E-state index contributed by atoms with van der Waals surface area (Å²) in [7, 11) is 0. The second-order valence-corrected chi connectivity index (χ2v) is 7.25. The number of nitriles is 1. The van der Waals surface area contributed by atoms with Crippen LogP contribution in [-0.2, 0) is 5.41 Å². The van der Waals surface area contributed by atoms with Gasteiger partial charge in [0.1, 0.15) is 0 Å². The summed E-state index contributed by atoms with van der Waals surface area (Å²) in [6.45, 7) is 12.0. The molecule has 0 aliphatic carbocycles. The molecule has 1 fully saturated rings. The van der Waals surface area contributed by atoms with Gasteiger partial charge < -0.3 is 4.90 Å². The number of benzene rings is 1. The zero-order valence-corrected chi connectivity index (χ0v) is 12.7. The molecule has 1 heterocycles. The molecule has 0 amide bonds. The van der Waals surface area contributed by atoms with E-state index in [1.807, 2.05) is 0 Å². The first kappa shape index (κ1) is 13.9. The Morgan fingerprint density at radius 2 is 1.79 bits per heavy atom. The zero-order chi connectivity index (χ0) is 14.3. The van der Waals surface area contributed by atoms with Crippen LogP contribution in [0.3, 0.4) is 0 Å². The van der Waals surface area contributed by atoms with Gasteiger partial charge in [-0.3, -0.25) is 0 Å². The summed E-state index contributed by atoms with van der Waals surface area (Å²) in [4.78, 5) is 2.37. The first-order valence-electron chi connectivity index (χ1n) is 7.02. The summed E-state index contributed by atoms with van der Waals surface area (Å²) in [5.74, 6) is 0.150. The van der Waals surface area contributed by atoms with Crippen LogP contribution < -0.4 is 4.90 Å². The monoisotopic (exact) mass is 256 g/mol. The Hall–Kier alpha value is -1.49. The van der Waals surface area contributed by atoms with Gasteiger partial charge in [0.05, 0.1) is 12.0 Å². The van der Waals surface area contributed by atoms with Crippen molar-refractivity contribution in [2.75, 3.05) is 11.4 Å². The van der Waals surface area contributed by atoms with Gasteiger partial charge in [0.2, 0.25) is 0 Å². The van der Waals surface area contributed by atoms with Crippen LogP contribution in [0.25, 0.3) is 0 Å². The van der Waals surface area contributed by atoms with Crippen molar-refractivity contribution >= 4 is 5.69 Å². The third kappa shape index (κ3) is 2.76. The molecule has 1 atom stereocenters. The maximum atomic E-state index is 9.14. The van der Waals surface area contributed by atoms with E-state index in [-0.39, 0.29) is 16.9 Å². The van der Waals surface area contributed by atoms with E-state index in [0.717, 1.165) is 13.0 Å². The molecule has 19 heavy (non-hydrogen) atoms. The summed E-state index contributed by atoms with van der Waals surface area (Å²) < 4.78 is 0. The van der Waals surface area contributed by atoms with Crippen LogP contribution in [0, 0.1) is 17.2 Å². The fourth-order valence-electron chi connectivity index (χ4n) is 2.93. The van der Waals surface area contributed by atoms with Gasteiger partial charge in [-0.05, 0) is 43.4 Å². The van der Waals surface area contributed by atoms with Crippen LogP contribution in [0.15, 0.2) is 24.3 Å². The fraction of sp³-hybridized carbons (Fsp3) is 0.588. The van der Waals surface area contributed by atoms with Crippen LogP contribution in [-0.4, -0.2) is 12.1 Å². The van der Waals surface area contributed by atoms with Crippen molar-refractivity contribution in [1.29, 1.82) is 5.26 Å². The number of hydrogen-bond donors (Lipinski definition) is 0. The molecule has 2 nitrogen and oxygen atoms in total. The van der Waals surface area contributed by atoms with Crippen molar-refractivity contribution in [3.8, 4) is 6.07 Å². The summed E-state index contributed by atoms with van der Waals surface area (Å²) in [5, 5.41) is 9.14. The largest absolute Gasteiger partial charge is 0.365 e. The van der Waals surface area contributed by atoms with E-state index in [1.165, 1.54) is 11.3 Å². The first-order chi connectivity index (χ1) is 8.74. The Kier molecular flexibility index (Phi) is 3.34. The van der Waals surface area contributed by atoms with E-state index in [2.05, 4.69) is 69.9 Å². The van der Waals surface area contributed by atoms with E-state index in [4.69, 9.17) is 5.26 Å². The average molecular weight is 256 g/mol. The molecule has 0 spiro atoms. The maximum absolute atomic E-state index is 9.14. The highest BCUT2D eigenvalue weighted by molar-refractivity contribution is 5.52. The van der Waals surface area contributed by atoms with Crippen LogP contribution >= 0.6 is 0 Å². The molecule has 1 aliphatic heterocycles. The van der Waals surface area contributed by atoms with E-state index in [0.29, 0.717) is 0 Å². The van der Waals surface area contributed by atoms with Gasteiger partial charge in [0.15, 0.2) is 0 Å². The molecule has 1 aromatic carbocycles. The average Bonchev–Trinajstić information content (AvgIpc) is 2.63. The minimum atomic E-state index is 0.0731. The lowest BCUT2D eigenvalue weighted by Gasteiger charge is -2.34. The molecule has 0 N–H and O–H groups in total. The normalized spacial score (nSPS) is 22.3. The lowest BCUT2D eigenvalue weighted by molar-refractivity contribution is 0.503. The number of hydrogen-bond acceptors (Lipinski definition) is 2. The van der Waals surface area contributed by atoms with Crippen LogP contribution in [0.4, 0.5) is 5.69 Å². The highest BCUT2D eigenvalue weighted by atomic mass is 15.2. The zero-order valence-electron chi connectivity index (χ0n) is 12.7. The van der Waals surface area contributed by atoms with Gasteiger partial charge in [-0.15, -0.1) is 0 Å². The van der Waals surface area contributed by atoms with E-state index >= 15 is 0 Å². The molecule has 0 radical (unpaired) electrons. The minimum absolute atomic E-state index is 0.0731. The molecule has 102 valence electrons. The predicted octanol–water partition coefficient (Wildman–Crippen LogP) is 4.11. The molecule has 0 aromatic heterocycles. The highest BCUT2D eigenvalue weighted by Gasteiger charge is 2.38. The molecular weight excluding hydrogens is 232 g/mol. The molecular formula is C17H24N2. The predicted molar refractivity (Wildman–Crippen MR) is 80.3 cm³/mol. The first-order valence-corrected chi connectivity index (χ1v) is 7.02. The molecule has 1 unspecified atom stereocenters. The molecule has 2 heteroatoms. The van der Waals surface area contributed by atoms with Gasteiger partial charge in [-0.2, -0.15) is 5.26 Å². The quantitative estimate of drug-likeness (QED) is 0.756. The minimum Gasteiger partial charge on any atom is -0.365 e. The van der Waals surface area contributed by atoms with Gasteiger partial charge in [0.25, 0.3) is 0 Å². The van der Waals surface area contributed by atoms with Crippen molar-refractivity contribution < 1.29 is 0 Å². The summed E-state index contributed by atoms with van der Waals surface area (Å²) >= 11 is 0. The lowest BCUT2D eigenvalue weighted by Crippen LogP contribution is -2.38. The van der Waals surface area contributed by atoms with Crippen molar-refractivity contribution in [3.05, 3.63) is 29.8 Å². The maximum Gasteiger partial charge on any atom is 0.0675 e. The molecule has 0 bridgehead atoms. The third-order valence-electron chi connectivity index (χ3n) is 4.11. The third-order valence-corrected chi connectivity index (χ3v) is 4.11. The fourth-order valence-corrected chi connectivity index (χ4v) is 2.93. The van der Waals surface area contributed by atoms with Crippen molar-refractivity contribution in [2.24, 2.45) is 5.92 Å². The molecule has 1 aliphatic rings. The molecule has 1 saturated heterocycles. The molecule has 0 saturated carbocycles. The number of rotatable bonds is 1. The van der Waals surface area contributed by atoms with Crippen LogP contribution in [0.1, 0.15) is 46.6 Å². The Balaban J connectivity index is 2.26. The van der Waals surface area contributed by atoms with E-state index < -0.39 is 0 Å². The second kappa shape index (κ2) is 4.56.